The van der Waals surface area contributed by atoms with Crippen molar-refractivity contribution in [1.82, 2.24) is 0 Å². The van der Waals surface area contributed by atoms with Gasteiger partial charge in [0.05, 0.1) is 5.02 Å². The predicted octanol–water partition coefficient (Wildman–Crippen LogP) is 5.75. The van der Waals surface area contributed by atoms with Crippen LogP contribution in [0.1, 0.15) is 36.0 Å². The number of carbonyl (C=O) groups is 1. The molecule has 0 bridgehead atoms. The van der Waals surface area contributed by atoms with Crippen molar-refractivity contribution < 1.29 is 9.18 Å². The Bertz CT molecular complexity index is 697. The first-order chi connectivity index (χ1) is 10.4. The highest BCUT2D eigenvalue weighted by atomic mass is 35.5. The van der Waals surface area contributed by atoms with Gasteiger partial charge >= 0.3 is 0 Å². The monoisotopic (exact) mass is 338 g/mol. The minimum Gasteiger partial charge on any atom is -0.300 e. The summed E-state index contributed by atoms with van der Waals surface area (Å²) >= 11 is 11.8. The molecule has 0 aliphatic carbocycles. The molecule has 0 aliphatic heterocycles. The number of carbonyl (C=O) groups excluding carboxylic acids is 1. The molecule has 0 spiro atoms. The summed E-state index contributed by atoms with van der Waals surface area (Å²) < 4.78 is 13.7. The third-order valence-corrected chi connectivity index (χ3v) is 4.22. The molecule has 2 rings (SSSR count). The van der Waals surface area contributed by atoms with E-state index in [9.17, 15) is 9.18 Å². The highest BCUT2D eigenvalue weighted by Crippen LogP contribution is 2.29. The molecule has 0 aromatic heterocycles. The molecule has 1 atom stereocenters. The van der Waals surface area contributed by atoms with E-state index in [1.54, 1.807) is 19.1 Å². The smallest absolute Gasteiger partial charge is 0.142 e. The summed E-state index contributed by atoms with van der Waals surface area (Å²) in [5, 5.41) is 0.747. The molecular weight excluding hydrogens is 322 g/mol. The largest absolute Gasteiger partial charge is 0.300 e. The number of benzene rings is 2. The summed E-state index contributed by atoms with van der Waals surface area (Å²) in [6.07, 6.45) is 0.962. The Morgan fingerprint density at radius 1 is 1.23 bits per heavy atom. The lowest BCUT2D eigenvalue weighted by Crippen LogP contribution is -2.09. The van der Waals surface area contributed by atoms with Crippen molar-refractivity contribution in [3.63, 3.8) is 0 Å². The number of hydrogen-bond acceptors (Lipinski definition) is 1. The number of hydrogen-bond donors (Lipinski definition) is 0. The van der Waals surface area contributed by atoms with E-state index in [1.165, 1.54) is 6.07 Å². The second-order valence-corrected chi connectivity index (χ2v) is 6.40. The van der Waals surface area contributed by atoms with Crippen molar-refractivity contribution in [2.24, 2.45) is 0 Å². The summed E-state index contributed by atoms with van der Waals surface area (Å²) in [4.78, 5) is 11.6. The molecule has 2 aromatic carbocycles. The minimum absolute atomic E-state index is 0.0320. The molecule has 22 heavy (non-hydrogen) atoms. The molecule has 2 aromatic rings. The van der Waals surface area contributed by atoms with Crippen LogP contribution in [0.3, 0.4) is 0 Å². The lowest BCUT2D eigenvalue weighted by molar-refractivity contribution is -0.117. The molecule has 0 saturated carbocycles. The molecule has 0 radical (unpaired) electrons. The lowest BCUT2D eigenvalue weighted by atomic mass is 9.87. The van der Waals surface area contributed by atoms with E-state index in [1.807, 2.05) is 25.1 Å². The van der Waals surface area contributed by atoms with Crippen molar-refractivity contribution >= 4 is 29.0 Å². The van der Waals surface area contributed by atoms with Gasteiger partial charge < -0.3 is 4.79 Å². The molecule has 0 aliphatic rings. The fourth-order valence-corrected chi connectivity index (χ4v) is 3.01. The average molecular weight is 339 g/mol. The van der Waals surface area contributed by atoms with Crippen molar-refractivity contribution in [2.45, 2.75) is 32.6 Å². The number of ketones is 1. The summed E-state index contributed by atoms with van der Waals surface area (Å²) in [5.41, 5.74) is 2.76. The van der Waals surface area contributed by atoms with Crippen molar-refractivity contribution in [3.05, 3.63) is 69.0 Å². The van der Waals surface area contributed by atoms with E-state index in [4.69, 9.17) is 23.2 Å². The van der Waals surface area contributed by atoms with Crippen LogP contribution in [0.4, 0.5) is 4.39 Å². The van der Waals surface area contributed by atoms with Gasteiger partial charge in [0.25, 0.3) is 0 Å². The van der Waals surface area contributed by atoms with Gasteiger partial charge in [0.15, 0.2) is 0 Å². The van der Waals surface area contributed by atoms with E-state index in [0.717, 1.165) is 16.7 Å². The first-order valence-electron chi connectivity index (χ1n) is 7.06. The zero-order chi connectivity index (χ0) is 16.3. The molecule has 1 nitrogen and oxygen atoms in total. The molecule has 1 unspecified atom stereocenters. The van der Waals surface area contributed by atoms with Crippen LogP contribution in [0, 0.1) is 12.7 Å². The summed E-state index contributed by atoms with van der Waals surface area (Å²) in [6.45, 7) is 3.45. The molecule has 0 N–H and O–H groups in total. The van der Waals surface area contributed by atoms with Gasteiger partial charge in [-0.15, -0.1) is 0 Å². The summed E-state index contributed by atoms with van der Waals surface area (Å²) in [5.74, 6) is -0.373. The number of aryl methyl sites for hydroxylation is 1. The topological polar surface area (TPSA) is 17.1 Å². The summed E-state index contributed by atoms with van der Waals surface area (Å²) in [6, 6.07) is 10.5. The highest BCUT2D eigenvalue weighted by Gasteiger charge is 2.17. The van der Waals surface area contributed by atoms with E-state index in [2.05, 4.69) is 0 Å². The van der Waals surface area contributed by atoms with Crippen LogP contribution in [-0.2, 0) is 11.2 Å². The lowest BCUT2D eigenvalue weighted by Gasteiger charge is -2.18. The van der Waals surface area contributed by atoms with Gasteiger partial charge in [-0.1, -0.05) is 35.3 Å². The Labute approximate surface area is 140 Å². The number of Topliss-reactive ketones (excluding diaryl/α,β-unsaturated/α-hetero) is 1. The fraction of sp³-hybridized carbons (Fsp3) is 0.278. The van der Waals surface area contributed by atoms with E-state index in [-0.39, 0.29) is 16.7 Å². The average Bonchev–Trinajstić information content (AvgIpc) is 2.43. The molecule has 116 valence electrons. The zero-order valence-corrected chi connectivity index (χ0v) is 14.0. The Morgan fingerprint density at radius 2 is 1.95 bits per heavy atom. The van der Waals surface area contributed by atoms with Gasteiger partial charge in [0, 0.05) is 11.4 Å². The van der Waals surface area contributed by atoms with Gasteiger partial charge in [0.2, 0.25) is 0 Å². The molecule has 0 heterocycles. The van der Waals surface area contributed by atoms with Crippen LogP contribution in [0.5, 0.6) is 0 Å². The van der Waals surface area contributed by atoms with Crippen LogP contribution < -0.4 is 0 Å². The third kappa shape index (κ3) is 4.31. The third-order valence-electron chi connectivity index (χ3n) is 3.70. The number of halogens is 3. The van der Waals surface area contributed by atoms with Gasteiger partial charge in [-0.05, 0) is 67.1 Å². The normalized spacial score (nSPS) is 12.2. The second kappa shape index (κ2) is 7.26. The molecule has 0 fully saturated rings. The van der Waals surface area contributed by atoms with Crippen LogP contribution in [0.15, 0.2) is 36.4 Å². The van der Waals surface area contributed by atoms with Crippen LogP contribution in [0.25, 0.3) is 0 Å². The Kier molecular flexibility index (Phi) is 5.60. The maximum atomic E-state index is 13.7. The maximum Gasteiger partial charge on any atom is 0.142 e. The Hall–Kier alpha value is -1.38. The van der Waals surface area contributed by atoms with E-state index < -0.39 is 5.82 Å². The predicted molar refractivity (Wildman–Crippen MR) is 89.3 cm³/mol. The quantitative estimate of drug-likeness (QED) is 0.678. The Balaban J connectivity index is 2.35. The first kappa shape index (κ1) is 17.0. The van der Waals surface area contributed by atoms with Crippen LogP contribution in [0.2, 0.25) is 10.0 Å². The maximum absolute atomic E-state index is 13.7. The van der Waals surface area contributed by atoms with Crippen molar-refractivity contribution in [2.75, 3.05) is 0 Å². The highest BCUT2D eigenvalue weighted by molar-refractivity contribution is 6.31. The summed E-state index contributed by atoms with van der Waals surface area (Å²) in [7, 11) is 0. The van der Waals surface area contributed by atoms with Gasteiger partial charge in [-0.25, -0.2) is 4.39 Å². The van der Waals surface area contributed by atoms with E-state index in [0.29, 0.717) is 17.9 Å². The molecular formula is C18H17Cl2FO. The molecule has 0 saturated heterocycles. The van der Waals surface area contributed by atoms with Gasteiger partial charge in [-0.2, -0.15) is 0 Å². The van der Waals surface area contributed by atoms with E-state index >= 15 is 0 Å². The molecule has 4 heteroatoms. The van der Waals surface area contributed by atoms with Crippen molar-refractivity contribution in [3.8, 4) is 0 Å². The van der Waals surface area contributed by atoms with Gasteiger partial charge in [-0.3, -0.25) is 0 Å². The van der Waals surface area contributed by atoms with Gasteiger partial charge in [0.1, 0.15) is 11.6 Å². The van der Waals surface area contributed by atoms with Crippen molar-refractivity contribution in [1.29, 1.82) is 0 Å². The Morgan fingerprint density at radius 3 is 2.59 bits per heavy atom. The second-order valence-electron chi connectivity index (χ2n) is 5.55. The zero-order valence-electron chi connectivity index (χ0n) is 12.5. The van der Waals surface area contributed by atoms with Crippen LogP contribution >= 0.6 is 23.2 Å². The van der Waals surface area contributed by atoms with Crippen LogP contribution in [-0.4, -0.2) is 5.78 Å². The first-order valence-corrected chi connectivity index (χ1v) is 7.82. The standard InChI is InChI=1S/C18H17Cl2FO/c1-11-6-17(20)18(21)10-14(11)8-15(7-12(2)22)13-4-3-5-16(19)9-13/h3-6,9-10,15H,7-8H2,1-2H3. The number of rotatable bonds is 5. The molecule has 0 amide bonds. The minimum atomic E-state index is -0.435. The fourth-order valence-electron chi connectivity index (χ4n) is 2.59. The SMILES string of the molecule is CC(=O)CC(Cc1cc(F)c(Cl)cc1C)c1cccc(Cl)c1.